The largest absolute Gasteiger partial charge is 0.462 e. The number of fused-ring (bicyclic) bond motifs is 1. The van der Waals surface area contributed by atoms with Crippen LogP contribution in [0.5, 0.6) is 0 Å². The molecule has 1 atom stereocenters. The van der Waals surface area contributed by atoms with Gasteiger partial charge in [-0.25, -0.2) is 9.48 Å². The van der Waals surface area contributed by atoms with E-state index in [1.807, 2.05) is 42.6 Å². The van der Waals surface area contributed by atoms with Crippen molar-refractivity contribution in [3.8, 4) is 0 Å². The Morgan fingerprint density at radius 3 is 2.71 bits per heavy atom. The van der Waals surface area contributed by atoms with Crippen LogP contribution in [0.3, 0.4) is 0 Å². The first-order valence-electron chi connectivity index (χ1n) is 9.70. The summed E-state index contributed by atoms with van der Waals surface area (Å²) in [6.07, 6.45) is 4.31. The molecule has 0 radical (unpaired) electrons. The van der Waals surface area contributed by atoms with Gasteiger partial charge in [-0.3, -0.25) is 0 Å². The van der Waals surface area contributed by atoms with E-state index in [2.05, 4.69) is 24.2 Å². The SMILES string of the molecule is CCOC(=O)c1cc2cc(Cn3cc(C(C)(O)CC)nn3)ccn2c1C(C)C. The van der Waals surface area contributed by atoms with Gasteiger partial charge in [0.1, 0.15) is 11.3 Å². The third-order valence-electron chi connectivity index (χ3n) is 5.04. The Labute approximate surface area is 164 Å². The third kappa shape index (κ3) is 3.80. The van der Waals surface area contributed by atoms with Crippen molar-refractivity contribution in [2.75, 3.05) is 6.61 Å². The molecule has 1 unspecified atom stereocenters. The summed E-state index contributed by atoms with van der Waals surface area (Å²) in [5, 5.41) is 18.6. The molecule has 0 spiro atoms. The van der Waals surface area contributed by atoms with E-state index >= 15 is 0 Å². The summed E-state index contributed by atoms with van der Waals surface area (Å²) >= 11 is 0. The van der Waals surface area contributed by atoms with E-state index in [-0.39, 0.29) is 11.9 Å². The van der Waals surface area contributed by atoms with Crippen LogP contribution in [0, 0.1) is 0 Å². The fraction of sp³-hybridized carbons (Fsp3) is 0.476. The van der Waals surface area contributed by atoms with Crippen molar-refractivity contribution in [1.29, 1.82) is 0 Å². The number of esters is 1. The van der Waals surface area contributed by atoms with Crippen LogP contribution in [0.4, 0.5) is 0 Å². The van der Waals surface area contributed by atoms with Crippen molar-refractivity contribution in [3.05, 3.63) is 53.1 Å². The molecule has 7 nitrogen and oxygen atoms in total. The molecule has 3 rings (SSSR count). The first-order chi connectivity index (χ1) is 13.3. The van der Waals surface area contributed by atoms with Crippen LogP contribution in [0.25, 0.3) is 5.52 Å². The topological polar surface area (TPSA) is 81.6 Å². The summed E-state index contributed by atoms with van der Waals surface area (Å²) < 4.78 is 8.97. The normalized spacial score (nSPS) is 13.8. The van der Waals surface area contributed by atoms with Crippen LogP contribution in [0.15, 0.2) is 30.6 Å². The van der Waals surface area contributed by atoms with Crippen molar-refractivity contribution < 1.29 is 14.6 Å². The van der Waals surface area contributed by atoms with Gasteiger partial charge in [0.15, 0.2) is 0 Å². The molecule has 0 aliphatic carbocycles. The maximum absolute atomic E-state index is 12.4. The van der Waals surface area contributed by atoms with Gasteiger partial charge < -0.3 is 14.2 Å². The monoisotopic (exact) mass is 384 g/mol. The van der Waals surface area contributed by atoms with Gasteiger partial charge in [-0.05, 0) is 49.9 Å². The van der Waals surface area contributed by atoms with Crippen LogP contribution in [0.1, 0.15) is 74.3 Å². The Morgan fingerprint density at radius 1 is 1.32 bits per heavy atom. The summed E-state index contributed by atoms with van der Waals surface area (Å²) in [4.78, 5) is 12.4. The van der Waals surface area contributed by atoms with Gasteiger partial charge in [-0.1, -0.05) is 26.0 Å². The highest BCUT2D eigenvalue weighted by molar-refractivity contribution is 5.93. The molecule has 28 heavy (non-hydrogen) atoms. The van der Waals surface area contributed by atoms with Gasteiger partial charge in [0.2, 0.25) is 0 Å². The van der Waals surface area contributed by atoms with Gasteiger partial charge in [0, 0.05) is 17.4 Å². The molecule has 3 aromatic rings. The van der Waals surface area contributed by atoms with Crippen molar-refractivity contribution in [2.45, 2.75) is 59.1 Å². The van der Waals surface area contributed by atoms with Crippen molar-refractivity contribution in [1.82, 2.24) is 19.4 Å². The van der Waals surface area contributed by atoms with E-state index in [4.69, 9.17) is 4.74 Å². The molecule has 0 saturated heterocycles. The number of ether oxygens (including phenoxy) is 1. The number of hydrogen-bond donors (Lipinski definition) is 1. The highest BCUT2D eigenvalue weighted by Crippen LogP contribution is 2.26. The second-order valence-electron chi connectivity index (χ2n) is 7.58. The van der Waals surface area contributed by atoms with Crippen molar-refractivity contribution in [3.63, 3.8) is 0 Å². The second kappa shape index (κ2) is 7.75. The minimum absolute atomic E-state index is 0.182. The number of nitrogens with zero attached hydrogens (tertiary/aromatic N) is 4. The minimum Gasteiger partial charge on any atom is -0.462 e. The smallest absolute Gasteiger partial charge is 0.340 e. The fourth-order valence-corrected chi connectivity index (χ4v) is 3.30. The zero-order valence-electron chi connectivity index (χ0n) is 17.1. The number of rotatable bonds is 7. The van der Waals surface area contributed by atoms with Gasteiger partial charge in [-0.15, -0.1) is 5.10 Å². The van der Waals surface area contributed by atoms with Crippen molar-refractivity contribution in [2.24, 2.45) is 0 Å². The maximum atomic E-state index is 12.4. The summed E-state index contributed by atoms with van der Waals surface area (Å²) in [5.41, 5.74) is 3.10. The van der Waals surface area contributed by atoms with Crippen molar-refractivity contribution >= 4 is 11.5 Å². The standard InChI is InChI=1S/C21H28N4O3/c1-6-21(5,27)18-13-24(23-22-18)12-15-8-9-25-16(10-15)11-17(19(25)14(3)4)20(26)28-7-2/h8-11,13-14,27H,6-7,12H2,1-5H3. The molecule has 0 saturated carbocycles. The molecule has 0 aliphatic heterocycles. The fourth-order valence-electron chi connectivity index (χ4n) is 3.30. The van der Waals surface area contributed by atoms with Crippen LogP contribution in [-0.4, -0.2) is 37.1 Å². The van der Waals surface area contributed by atoms with E-state index in [1.165, 1.54) is 0 Å². The molecule has 7 heteroatoms. The lowest BCUT2D eigenvalue weighted by Gasteiger charge is -2.16. The van der Waals surface area contributed by atoms with E-state index < -0.39 is 5.60 Å². The Hall–Kier alpha value is -2.67. The lowest BCUT2D eigenvalue weighted by molar-refractivity contribution is 0.0483. The number of hydrogen-bond acceptors (Lipinski definition) is 5. The molecular formula is C21H28N4O3. The molecule has 150 valence electrons. The average molecular weight is 384 g/mol. The number of carbonyl (C=O) groups excluding carboxylic acids is 1. The number of aliphatic hydroxyl groups is 1. The van der Waals surface area contributed by atoms with E-state index in [1.54, 1.807) is 17.8 Å². The number of aromatic nitrogens is 4. The first-order valence-corrected chi connectivity index (χ1v) is 9.70. The predicted octanol–water partition coefficient (Wildman–Crippen LogP) is 3.50. The van der Waals surface area contributed by atoms with Crippen LogP contribution in [-0.2, 0) is 16.9 Å². The van der Waals surface area contributed by atoms with Gasteiger partial charge >= 0.3 is 5.97 Å². The molecule has 3 aromatic heterocycles. The Kier molecular flexibility index (Phi) is 5.56. The minimum atomic E-state index is -0.982. The first kappa shape index (κ1) is 20.1. The zero-order chi connectivity index (χ0) is 20.5. The zero-order valence-corrected chi connectivity index (χ0v) is 17.1. The third-order valence-corrected chi connectivity index (χ3v) is 5.04. The molecule has 3 heterocycles. The summed E-state index contributed by atoms with van der Waals surface area (Å²) in [7, 11) is 0. The van der Waals surface area contributed by atoms with Crippen LogP contribution >= 0.6 is 0 Å². The lowest BCUT2D eigenvalue weighted by Crippen LogP contribution is -2.20. The lowest BCUT2D eigenvalue weighted by atomic mass is 10.0. The molecule has 0 aliphatic rings. The summed E-state index contributed by atoms with van der Waals surface area (Å²) in [6.45, 7) is 10.5. The predicted molar refractivity (Wildman–Crippen MR) is 106 cm³/mol. The highest BCUT2D eigenvalue weighted by Gasteiger charge is 2.24. The van der Waals surface area contributed by atoms with Crippen LogP contribution in [0.2, 0.25) is 0 Å². The molecule has 0 bridgehead atoms. The number of pyridine rings is 1. The van der Waals surface area contributed by atoms with Crippen LogP contribution < -0.4 is 0 Å². The van der Waals surface area contributed by atoms with E-state index in [0.717, 1.165) is 16.8 Å². The van der Waals surface area contributed by atoms with Gasteiger partial charge in [0.25, 0.3) is 0 Å². The summed E-state index contributed by atoms with van der Waals surface area (Å²) in [6, 6.07) is 5.92. The Balaban J connectivity index is 1.93. The van der Waals surface area contributed by atoms with E-state index in [9.17, 15) is 9.90 Å². The Morgan fingerprint density at radius 2 is 2.07 bits per heavy atom. The molecular weight excluding hydrogens is 356 g/mol. The molecule has 1 N–H and O–H groups in total. The quantitative estimate of drug-likeness (QED) is 0.631. The molecule has 0 aromatic carbocycles. The Bertz CT molecular complexity index is 985. The van der Waals surface area contributed by atoms with E-state index in [0.29, 0.717) is 30.8 Å². The molecule has 0 amide bonds. The number of carbonyl (C=O) groups is 1. The van der Waals surface area contributed by atoms with Gasteiger partial charge in [0.05, 0.1) is 24.9 Å². The average Bonchev–Trinajstić information content (AvgIpc) is 3.26. The maximum Gasteiger partial charge on any atom is 0.340 e. The second-order valence-corrected chi connectivity index (χ2v) is 7.58. The van der Waals surface area contributed by atoms with Gasteiger partial charge in [-0.2, -0.15) is 0 Å². The highest BCUT2D eigenvalue weighted by atomic mass is 16.5. The molecule has 0 fully saturated rings. The summed E-state index contributed by atoms with van der Waals surface area (Å²) in [5.74, 6) is -0.110.